The zero-order chi connectivity index (χ0) is 14.4. The molecule has 2 rings (SSSR count). The number of amides is 1. The third-order valence-electron chi connectivity index (χ3n) is 3.39. The maximum Gasteiger partial charge on any atom is 0.260 e. The Kier molecular flexibility index (Phi) is 5.24. The molecular weight excluding hydrogens is 254 g/mol. The molecule has 0 spiro atoms. The molecule has 1 heterocycles. The van der Waals surface area contributed by atoms with Crippen molar-refractivity contribution in [3.05, 3.63) is 24.3 Å². The Morgan fingerprint density at radius 2 is 2.20 bits per heavy atom. The number of nitrogens with one attached hydrogen (secondary N) is 1. The Labute approximate surface area is 120 Å². The van der Waals surface area contributed by atoms with Gasteiger partial charge in [0, 0.05) is 45.5 Å². The number of hydrogen-bond acceptors (Lipinski definition) is 4. The molecule has 1 aromatic carbocycles. The average Bonchev–Trinajstić information content (AvgIpc) is 2.74. The number of carbonyl (C=O) groups is 1. The van der Waals surface area contributed by atoms with Crippen molar-refractivity contribution in [1.82, 2.24) is 10.2 Å². The SMILES string of the molecule is CN(C)c1cccc(OCC(=O)N2CCCNCC2)c1. The highest BCUT2D eigenvalue weighted by molar-refractivity contribution is 5.77. The first-order valence-corrected chi connectivity index (χ1v) is 7.05. The predicted molar refractivity (Wildman–Crippen MR) is 80.3 cm³/mol. The Bertz CT molecular complexity index is 440. The highest BCUT2D eigenvalue weighted by Crippen LogP contribution is 2.19. The van der Waals surface area contributed by atoms with Crippen LogP contribution in [-0.4, -0.2) is 57.7 Å². The van der Waals surface area contributed by atoms with Gasteiger partial charge in [-0.3, -0.25) is 4.79 Å². The number of ether oxygens (including phenoxy) is 1. The van der Waals surface area contributed by atoms with Crippen LogP contribution >= 0.6 is 0 Å². The lowest BCUT2D eigenvalue weighted by molar-refractivity contribution is -0.133. The van der Waals surface area contributed by atoms with Gasteiger partial charge in [-0.05, 0) is 25.1 Å². The second kappa shape index (κ2) is 7.14. The second-order valence-corrected chi connectivity index (χ2v) is 5.16. The maximum atomic E-state index is 12.1. The molecule has 1 saturated heterocycles. The lowest BCUT2D eigenvalue weighted by Gasteiger charge is -2.20. The molecule has 1 aromatic rings. The van der Waals surface area contributed by atoms with Crippen LogP contribution in [0.1, 0.15) is 6.42 Å². The van der Waals surface area contributed by atoms with E-state index in [-0.39, 0.29) is 12.5 Å². The number of carbonyl (C=O) groups excluding carboxylic acids is 1. The van der Waals surface area contributed by atoms with Gasteiger partial charge in [-0.1, -0.05) is 6.07 Å². The molecule has 0 aliphatic carbocycles. The quantitative estimate of drug-likeness (QED) is 0.890. The lowest BCUT2D eigenvalue weighted by atomic mass is 10.3. The normalized spacial score (nSPS) is 15.6. The minimum atomic E-state index is 0.0592. The van der Waals surface area contributed by atoms with E-state index < -0.39 is 0 Å². The topological polar surface area (TPSA) is 44.8 Å². The summed E-state index contributed by atoms with van der Waals surface area (Å²) in [7, 11) is 3.96. The molecule has 1 aliphatic heterocycles. The number of hydrogen-bond donors (Lipinski definition) is 1. The van der Waals surface area contributed by atoms with Gasteiger partial charge in [0.25, 0.3) is 5.91 Å². The number of benzene rings is 1. The van der Waals surface area contributed by atoms with Gasteiger partial charge in [-0.15, -0.1) is 0 Å². The summed E-state index contributed by atoms with van der Waals surface area (Å²) in [5, 5.41) is 3.29. The van der Waals surface area contributed by atoms with Crippen molar-refractivity contribution in [1.29, 1.82) is 0 Å². The summed E-state index contributed by atoms with van der Waals surface area (Å²) in [5.41, 5.74) is 1.06. The smallest absolute Gasteiger partial charge is 0.260 e. The maximum absolute atomic E-state index is 12.1. The standard InChI is InChI=1S/C15H23N3O2/c1-17(2)13-5-3-6-14(11-13)20-12-15(19)18-9-4-7-16-8-10-18/h3,5-6,11,16H,4,7-10,12H2,1-2H3. The summed E-state index contributed by atoms with van der Waals surface area (Å²) in [6.07, 6.45) is 1.00. The van der Waals surface area contributed by atoms with Gasteiger partial charge in [0.15, 0.2) is 6.61 Å². The largest absolute Gasteiger partial charge is 0.484 e. The highest BCUT2D eigenvalue weighted by Gasteiger charge is 2.15. The Hall–Kier alpha value is -1.75. The minimum Gasteiger partial charge on any atom is -0.484 e. The van der Waals surface area contributed by atoms with Crippen LogP contribution in [0.5, 0.6) is 5.75 Å². The Morgan fingerprint density at radius 1 is 1.35 bits per heavy atom. The van der Waals surface area contributed by atoms with Crippen LogP contribution in [0.2, 0.25) is 0 Å². The summed E-state index contributed by atoms with van der Waals surface area (Å²) in [6.45, 7) is 3.53. The third-order valence-corrected chi connectivity index (χ3v) is 3.39. The van der Waals surface area contributed by atoms with E-state index in [1.165, 1.54) is 0 Å². The van der Waals surface area contributed by atoms with Crippen molar-refractivity contribution < 1.29 is 9.53 Å². The summed E-state index contributed by atoms with van der Waals surface area (Å²) in [5.74, 6) is 0.793. The van der Waals surface area contributed by atoms with Gasteiger partial charge < -0.3 is 19.9 Å². The van der Waals surface area contributed by atoms with Crippen LogP contribution in [0.4, 0.5) is 5.69 Å². The molecule has 110 valence electrons. The van der Waals surface area contributed by atoms with E-state index in [9.17, 15) is 4.79 Å². The molecule has 0 aromatic heterocycles. The van der Waals surface area contributed by atoms with Crippen molar-refractivity contribution >= 4 is 11.6 Å². The number of anilines is 1. The van der Waals surface area contributed by atoms with Crippen LogP contribution in [0.15, 0.2) is 24.3 Å². The first kappa shape index (κ1) is 14.7. The van der Waals surface area contributed by atoms with E-state index in [0.717, 1.165) is 44.0 Å². The third kappa shape index (κ3) is 4.13. The molecule has 0 atom stereocenters. The van der Waals surface area contributed by atoms with E-state index in [1.807, 2.05) is 48.2 Å². The zero-order valence-electron chi connectivity index (χ0n) is 12.3. The molecule has 20 heavy (non-hydrogen) atoms. The van der Waals surface area contributed by atoms with E-state index in [0.29, 0.717) is 0 Å². The van der Waals surface area contributed by atoms with Crippen LogP contribution < -0.4 is 15.0 Å². The predicted octanol–water partition coefficient (Wildman–Crippen LogP) is 0.953. The molecular formula is C15H23N3O2. The Morgan fingerprint density at radius 3 is 3.00 bits per heavy atom. The van der Waals surface area contributed by atoms with Crippen molar-refractivity contribution in [3.63, 3.8) is 0 Å². The van der Waals surface area contributed by atoms with Gasteiger partial charge in [-0.2, -0.15) is 0 Å². The molecule has 1 aliphatic rings. The Balaban J connectivity index is 1.87. The average molecular weight is 277 g/mol. The van der Waals surface area contributed by atoms with Crippen LogP contribution in [-0.2, 0) is 4.79 Å². The summed E-state index contributed by atoms with van der Waals surface area (Å²) < 4.78 is 5.61. The first-order valence-electron chi connectivity index (χ1n) is 7.05. The van der Waals surface area contributed by atoms with Gasteiger partial charge in [-0.25, -0.2) is 0 Å². The fourth-order valence-corrected chi connectivity index (χ4v) is 2.18. The van der Waals surface area contributed by atoms with Gasteiger partial charge in [0.05, 0.1) is 0 Å². The van der Waals surface area contributed by atoms with E-state index >= 15 is 0 Å². The monoisotopic (exact) mass is 277 g/mol. The fraction of sp³-hybridized carbons (Fsp3) is 0.533. The minimum absolute atomic E-state index is 0.0592. The van der Waals surface area contributed by atoms with Crippen molar-refractivity contribution in [2.75, 3.05) is 51.8 Å². The molecule has 1 N–H and O–H groups in total. The molecule has 5 nitrogen and oxygen atoms in total. The van der Waals surface area contributed by atoms with Crippen LogP contribution in [0.25, 0.3) is 0 Å². The molecule has 0 radical (unpaired) electrons. The molecule has 1 amide bonds. The first-order chi connectivity index (χ1) is 9.66. The van der Waals surface area contributed by atoms with Gasteiger partial charge in [0.2, 0.25) is 0 Å². The molecule has 5 heteroatoms. The summed E-state index contributed by atoms with van der Waals surface area (Å²) in [6, 6.07) is 7.77. The van der Waals surface area contributed by atoms with Crippen molar-refractivity contribution in [2.45, 2.75) is 6.42 Å². The lowest BCUT2D eigenvalue weighted by Crippen LogP contribution is -2.37. The highest BCUT2D eigenvalue weighted by atomic mass is 16.5. The number of rotatable bonds is 4. The summed E-state index contributed by atoms with van der Waals surface area (Å²) >= 11 is 0. The van der Waals surface area contributed by atoms with Gasteiger partial charge >= 0.3 is 0 Å². The molecule has 0 bridgehead atoms. The number of nitrogens with zero attached hydrogens (tertiary/aromatic N) is 2. The van der Waals surface area contributed by atoms with Crippen LogP contribution in [0.3, 0.4) is 0 Å². The molecule has 0 saturated carbocycles. The zero-order valence-corrected chi connectivity index (χ0v) is 12.3. The van der Waals surface area contributed by atoms with E-state index in [4.69, 9.17) is 4.74 Å². The van der Waals surface area contributed by atoms with Crippen molar-refractivity contribution in [2.24, 2.45) is 0 Å². The van der Waals surface area contributed by atoms with Crippen molar-refractivity contribution in [3.8, 4) is 5.75 Å². The van der Waals surface area contributed by atoms with E-state index in [2.05, 4.69) is 5.32 Å². The summed E-state index contributed by atoms with van der Waals surface area (Å²) in [4.78, 5) is 16.0. The fourth-order valence-electron chi connectivity index (χ4n) is 2.18. The van der Waals surface area contributed by atoms with E-state index in [1.54, 1.807) is 0 Å². The second-order valence-electron chi connectivity index (χ2n) is 5.16. The molecule has 1 fully saturated rings. The molecule has 0 unspecified atom stereocenters. The van der Waals surface area contributed by atoms with Crippen LogP contribution in [0, 0.1) is 0 Å². The van der Waals surface area contributed by atoms with Gasteiger partial charge in [0.1, 0.15) is 5.75 Å².